The number of aliphatic hydroxyl groups is 1. The second-order valence-corrected chi connectivity index (χ2v) is 4.81. The van der Waals surface area contributed by atoms with Crippen molar-refractivity contribution in [2.45, 2.75) is 19.4 Å². The minimum atomic E-state index is -1.07. The van der Waals surface area contributed by atoms with Gasteiger partial charge in [-0.25, -0.2) is 9.37 Å². The Bertz CT molecular complexity index is 676. The normalized spacial score (nSPS) is 11.8. The van der Waals surface area contributed by atoms with Gasteiger partial charge in [-0.15, -0.1) is 0 Å². The van der Waals surface area contributed by atoms with Crippen LogP contribution in [0.5, 0.6) is 5.88 Å². The smallest absolute Gasteiger partial charge is 0.227 e. The van der Waals surface area contributed by atoms with E-state index < -0.39 is 11.9 Å². The fourth-order valence-electron chi connectivity index (χ4n) is 1.99. The van der Waals surface area contributed by atoms with Crippen LogP contribution in [0.2, 0.25) is 0 Å². The maximum absolute atomic E-state index is 13.1. The summed E-state index contributed by atoms with van der Waals surface area (Å²) in [6.07, 6.45) is -1.24. The second kappa shape index (κ2) is 7.00. The number of amides is 1. The molecule has 5 nitrogen and oxygen atoms in total. The summed E-state index contributed by atoms with van der Waals surface area (Å²) in [5, 5.41) is 12.6. The monoisotopic (exact) mass is 304 g/mol. The molecule has 0 radical (unpaired) electrons. The number of nitrogens with zero attached hydrogens (tertiary/aromatic N) is 1. The molecule has 0 bridgehead atoms. The van der Waals surface area contributed by atoms with Crippen LogP contribution in [0.1, 0.15) is 23.8 Å². The quantitative estimate of drug-likeness (QED) is 0.890. The number of ether oxygens (including phenoxy) is 1. The van der Waals surface area contributed by atoms with Crippen LogP contribution in [0.25, 0.3) is 0 Å². The van der Waals surface area contributed by atoms with E-state index in [4.69, 9.17) is 4.74 Å². The number of carbonyl (C=O) groups excluding carboxylic acids is 1. The van der Waals surface area contributed by atoms with Gasteiger partial charge in [0.05, 0.1) is 31.0 Å². The molecule has 2 N–H and O–H groups in total. The van der Waals surface area contributed by atoms with Crippen molar-refractivity contribution in [2.24, 2.45) is 0 Å². The largest absolute Gasteiger partial charge is 0.481 e. The number of carbonyl (C=O) groups is 1. The first kappa shape index (κ1) is 15.9. The van der Waals surface area contributed by atoms with Gasteiger partial charge in [-0.1, -0.05) is 12.1 Å². The summed E-state index contributed by atoms with van der Waals surface area (Å²) in [4.78, 5) is 16.1. The van der Waals surface area contributed by atoms with Gasteiger partial charge in [0.15, 0.2) is 0 Å². The van der Waals surface area contributed by atoms with Gasteiger partial charge in [-0.3, -0.25) is 4.79 Å². The molecular formula is C16H17FN2O3. The minimum absolute atomic E-state index is 0.172. The van der Waals surface area contributed by atoms with Crippen molar-refractivity contribution in [1.29, 1.82) is 0 Å². The number of hydrogen-bond acceptors (Lipinski definition) is 4. The summed E-state index contributed by atoms with van der Waals surface area (Å²) in [5.74, 6) is -0.380. The molecule has 1 atom stereocenters. The zero-order valence-electron chi connectivity index (χ0n) is 12.3. The van der Waals surface area contributed by atoms with Crippen molar-refractivity contribution < 1.29 is 19.0 Å². The Labute approximate surface area is 127 Å². The number of methoxy groups -OCH3 is 1. The second-order valence-electron chi connectivity index (χ2n) is 4.81. The Morgan fingerprint density at radius 1 is 1.41 bits per heavy atom. The fraction of sp³-hybridized carbons (Fsp3) is 0.250. The highest BCUT2D eigenvalue weighted by molar-refractivity contribution is 5.91. The average Bonchev–Trinajstić information content (AvgIpc) is 2.49. The molecular weight excluding hydrogens is 287 g/mol. The summed E-state index contributed by atoms with van der Waals surface area (Å²) >= 11 is 0. The first-order valence-corrected chi connectivity index (χ1v) is 6.74. The molecule has 0 fully saturated rings. The molecule has 0 aliphatic rings. The molecule has 0 saturated heterocycles. The van der Waals surface area contributed by atoms with E-state index in [0.29, 0.717) is 22.8 Å². The van der Waals surface area contributed by atoms with E-state index in [2.05, 4.69) is 10.3 Å². The lowest BCUT2D eigenvalue weighted by Gasteiger charge is -2.12. The van der Waals surface area contributed by atoms with Crippen LogP contribution >= 0.6 is 0 Å². The SMILES string of the molecule is COc1ccc(NC(=O)CC(O)c2cccc(F)c2)c(C)n1. The van der Waals surface area contributed by atoms with Crippen molar-refractivity contribution in [1.82, 2.24) is 4.98 Å². The van der Waals surface area contributed by atoms with Crippen LogP contribution in [0.15, 0.2) is 36.4 Å². The third kappa shape index (κ3) is 4.02. The van der Waals surface area contributed by atoms with Gasteiger partial charge >= 0.3 is 0 Å². The van der Waals surface area contributed by atoms with Gasteiger partial charge in [0.25, 0.3) is 0 Å². The number of rotatable bonds is 5. The molecule has 116 valence electrons. The molecule has 22 heavy (non-hydrogen) atoms. The molecule has 1 amide bonds. The molecule has 2 rings (SSSR count). The Balaban J connectivity index is 2.01. The molecule has 0 aliphatic heterocycles. The van der Waals surface area contributed by atoms with Crippen molar-refractivity contribution in [2.75, 3.05) is 12.4 Å². The summed E-state index contributed by atoms with van der Waals surface area (Å²) in [6.45, 7) is 1.74. The number of pyridine rings is 1. The number of benzene rings is 1. The van der Waals surface area contributed by atoms with Crippen LogP contribution in [0.3, 0.4) is 0 Å². The lowest BCUT2D eigenvalue weighted by atomic mass is 10.1. The van der Waals surface area contributed by atoms with Crippen molar-refractivity contribution >= 4 is 11.6 Å². The van der Waals surface area contributed by atoms with Gasteiger partial charge < -0.3 is 15.2 Å². The maximum Gasteiger partial charge on any atom is 0.227 e. The van der Waals surface area contributed by atoms with E-state index in [9.17, 15) is 14.3 Å². The summed E-state index contributed by atoms with van der Waals surface area (Å²) in [7, 11) is 1.51. The first-order valence-electron chi connectivity index (χ1n) is 6.74. The summed E-state index contributed by atoms with van der Waals surface area (Å²) < 4.78 is 18.1. The van der Waals surface area contributed by atoms with E-state index in [1.165, 1.54) is 25.3 Å². The number of nitrogens with one attached hydrogen (secondary N) is 1. The molecule has 1 unspecified atom stereocenters. The van der Waals surface area contributed by atoms with E-state index in [1.54, 1.807) is 25.1 Å². The standard InChI is InChI=1S/C16H17FN2O3/c1-10-13(6-7-16(18-10)22-2)19-15(21)9-14(20)11-4-3-5-12(17)8-11/h3-8,14,20H,9H2,1-2H3,(H,19,21). The number of hydrogen-bond donors (Lipinski definition) is 2. The van der Waals surface area contributed by atoms with E-state index in [-0.39, 0.29) is 12.3 Å². The molecule has 2 aromatic rings. The Morgan fingerprint density at radius 3 is 2.82 bits per heavy atom. The van der Waals surface area contributed by atoms with Gasteiger partial charge in [0.2, 0.25) is 11.8 Å². The maximum atomic E-state index is 13.1. The topological polar surface area (TPSA) is 71.5 Å². The lowest BCUT2D eigenvalue weighted by Crippen LogP contribution is -2.16. The molecule has 0 spiro atoms. The number of anilines is 1. The Hall–Kier alpha value is -2.47. The predicted molar refractivity (Wildman–Crippen MR) is 80.1 cm³/mol. The van der Waals surface area contributed by atoms with Crippen molar-refractivity contribution in [3.05, 3.63) is 53.5 Å². The Kier molecular flexibility index (Phi) is 5.06. The number of aryl methyl sites for hydroxylation is 1. The van der Waals surface area contributed by atoms with Crippen LogP contribution in [-0.2, 0) is 4.79 Å². The summed E-state index contributed by atoms with van der Waals surface area (Å²) in [5.41, 5.74) is 1.50. The average molecular weight is 304 g/mol. The molecule has 0 aliphatic carbocycles. The van der Waals surface area contributed by atoms with Crippen molar-refractivity contribution in [3.63, 3.8) is 0 Å². The zero-order chi connectivity index (χ0) is 16.1. The Morgan fingerprint density at radius 2 is 2.18 bits per heavy atom. The molecule has 1 aromatic carbocycles. The van der Waals surface area contributed by atoms with Crippen molar-refractivity contribution in [3.8, 4) is 5.88 Å². The van der Waals surface area contributed by atoms with E-state index >= 15 is 0 Å². The van der Waals surface area contributed by atoms with Crippen LogP contribution in [-0.4, -0.2) is 23.1 Å². The molecule has 1 aromatic heterocycles. The zero-order valence-corrected chi connectivity index (χ0v) is 12.3. The highest BCUT2D eigenvalue weighted by atomic mass is 19.1. The fourth-order valence-corrected chi connectivity index (χ4v) is 1.99. The lowest BCUT2D eigenvalue weighted by molar-refractivity contribution is -0.118. The third-order valence-corrected chi connectivity index (χ3v) is 3.16. The van der Waals surface area contributed by atoms with Gasteiger partial charge in [-0.2, -0.15) is 0 Å². The minimum Gasteiger partial charge on any atom is -0.481 e. The predicted octanol–water partition coefficient (Wildman–Crippen LogP) is 2.60. The van der Waals surface area contributed by atoms with Gasteiger partial charge in [0, 0.05) is 6.07 Å². The molecule has 1 heterocycles. The highest BCUT2D eigenvalue weighted by Crippen LogP contribution is 2.20. The summed E-state index contributed by atoms with van der Waals surface area (Å²) in [6, 6.07) is 8.85. The number of halogens is 1. The molecule has 0 saturated carbocycles. The third-order valence-electron chi connectivity index (χ3n) is 3.16. The highest BCUT2D eigenvalue weighted by Gasteiger charge is 2.15. The van der Waals surface area contributed by atoms with Crippen LogP contribution in [0, 0.1) is 12.7 Å². The van der Waals surface area contributed by atoms with E-state index in [0.717, 1.165) is 0 Å². The number of aliphatic hydroxyl groups excluding tert-OH is 1. The van der Waals surface area contributed by atoms with Crippen LogP contribution < -0.4 is 10.1 Å². The van der Waals surface area contributed by atoms with Crippen LogP contribution in [0.4, 0.5) is 10.1 Å². The molecule has 6 heteroatoms. The first-order chi connectivity index (χ1) is 10.5. The van der Waals surface area contributed by atoms with Gasteiger partial charge in [0.1, 0.15) is 5.82 Å². The van der Waals surface area contributed by atoms with Gasteiger partial charge in [-0.05, 0) is 30.7 Å². The van der Waals surface area contributed by atoms with E-state index in [1.807, 2.05) is 0 Å². The number of aromatic nitrogens is 1.